The summed E-state index contributed by atoms with van der Waals surface area (Å²) in [6.45, 7) is 1.28. The monoisotopic (exact) mass is 468 g/mol. The lowest BCUT2D eigenvalue weighted by atomic mass is 10.0. The summed E-state index contributed by atoms with van der Waals surface area (Å²) in [7, 11) is -3.35. The Labute approximate surface area is 193 Å². The summed E-state index contributed by atoms with van der Waals surface area (Å²) in [6, 6.07) is 16.1. The van der Waals surface area contributed by atoms with Crippen LogP contribution in [0.15, 0.2) is 54.6 Å². The highest BCUT2D eigenvalue weighted by Gasteiger charge is 2.28. The van der Waals surface area contributed by atoms with Gasteiger partial charge in [0.1, 0.15) is 24.2 Å². The summed E-state index contributed by atoms with van der Waals surface area (Å²) in [5.74, 6) is -0.410. The zero-order chi connectivity index (χ0) is 23.4. The van der Waals surface area contributed by atoms with Gasteiger partial charge in [0.25, 0.3) is 0 Å². The van der Waals surface area contributed by atoms with Crippen LogP contribution in [0.3, 0.4) is 0 Å². The van der Waals surface area contributed by atoms with Crippen LogP contribution in [0.25, 0.3) is 11.0 Å². The van der Waals surface area contributed by atoms with E-state index in [-0.39, 0.29) is 24.1 Å². The molecule has 2 amide bonds. The van der Waals surface area contributed by atoms with E-state index in [4.69, 9.17) is 0 Å². The highest BCUT2D eigenvalue weighted by molar-refractivity contribution is 7.89. The number of fused-ring (bicyclic) bond motifs is 1. The fourth-order valence-corrected chi connectivity index (χ4v) is 4.93. The van der Waals surface area contributed by atoms with E-state index in [1.807, 2.05) is 42.5 Å². The summed E-state index contributed by atoms with van der Waals surface area (Å²) in [5.41, 5.74) is 2.26. The third-order valence-electron chi connectivity index (χ3n) is 5.76. The fraction of sp³-hybridized carbons (Fsp3) is 0.375. The van der Waals surface area contributed by atoms with Gasteiger partial charge in [0.15, 0.2) is 9.84 Å². The second-order valence-corrected chi connectivity index (χ2v) is 10.7. The predicted octanol–water partition coefficient (Wildman–Crippen LogP) is 1.93. The van der Waals surface area contributed by atoms with Crippen molar-refractivity contribution < 1.29 is 18.0 Å². The van der Waals surface area contributed by atoms with Crippen molar-refractivity contribution in [2.45, 2.75) is 37.6 Å². The van der Waals surface area contributed by atoms with Crippen molar-refractivity contribution in [3.05, 3.63) is 66.0 Å². The zero-order valence-electron chi connectivity index (χ0n) is 18.6. The Morgan fingerprint density at radius 3 is 2.39 bits per heavy atom. The predicted molar refractivity (Wildman–Crippen MR) is 126 cm³/mol. The summed E-state index contributed by atoms with van der Waals surface area (Å²) in [4.78, 5) is 32.5. The van der Waals surface area contributed by atoms with E-state index in [1.54, 1.807) is 21.6 Å². The topological polar surface area (TPSA) is 101 Å². The molecule has 33 heavy (non-hydrogen) atoms. The molecule has 4 rings (SSSR count). The average molecular weight is 469 g/mol. The third kappa shape index (κ3) is 5.78. The van der Waals surface area contributed by atoms with E-state index in [1.165, 1.54) is 0 Å². The summed E-state index contributed by atoms with van der Waals surface area (Å²) in [6.07, 6.45) is 3.46. The van der Waals surface area contributed by atoms with E-state index >= 15 is 0 Å². The van der Waals surface area contributed by atoms with Crippen molar-refractivity contribution in [1.29, 1.82) is 0 Å². The van der Waals surface area contributed by atoms with Crippen LogP contribution < -0.4 is 5.32 Å². The largest absolute Gasteiger partial charge is 0.342 e. The molecule has 0 radical (unpaired) electrons. The van der Waals surface area contributed by atoms with Crippen LogP contribution in [0.4, 0.5) is 0 Å². The molecular formula is C24H28N4O4S. The number of rotatable bonds is 8. The Balaban J connectivity index is 1.57. The van der Waals surface area contributed by atoms with Crippen LogP contribution in [0.2, 0.25) is 0 Å². The van der Waals surface area contributed by atoms with E-state index in [0.29, 0.717) is 36.4 Å². The number of nitrogens with one attached hydrogen (secondary N) is 1. The number of para-hydroxylation sites is 2. The molecule has 0 unspecified atom stereocenters. The molecule has 2 aromatic carbocycles. The molecule has 1 N–H and O–H groups in total. The van der Waals surface area contributed by atoms with E-state index in [9.17, 15) is 18.0 Å². The lowest BCUT2D eigenvalue weighted by Gasteiger charge is -2.24. The van der Waals surface area contributed by atoms with Crippen molar-refractivity contribution in [1.82, 2.24) is 19.8 Å². The lowest BCUT2D eigenvalue weighted by molar-refractivity contribution is -0.135. The van der Waals surface area contributed by atoms with Crippen LogP contribution in [-0.4, -0.2) is 60.1 Å². The first-order chi connectivity index (χ1) is 15.8. The average Bonchev–Trinajstić information content (AvgIpc) is 3.41. The molecule has 0 bridgehead atoms. The van der Waals surface area contributed by atoms with E-state index in [0.717, 1.165) is 24.7 Å². The normalized spacial score (nSPS) is 15.0. The number of amides is 2. The Morgan fingerprint density at radius 2 is 1.70 bits per heavy atom. The van der Waals surface area contributed by atoms with Gasteiger partial charge >= 0.3 is 0 Å². The van der Waals surface area contributed by atoms with Crippen LogP contribution in [0, 0.1) is 0 Å². The standard InChI is InChI=1S/C24H28N4O4S/c1-33(31,32)17-22-25-19-11-5-6-12-21(19)28(22)16-23(29)26-20(15-18-9-3-2-4-10-18)24(30)27-13-7-8-14-27/h2-6,9-12,20H,7-8,13-17H2,1H3,(H,26,29)/t20-/m0/s1. The molecule has 2 heterocycles. The smallest absolute Gasteiger partial charge is 0.245 e. The molecule has 8 nitrogen and oxygen atoms in total. The van der Waals surface area contributed by atoms with E-state index < -0.39 is 15.9 Å². The molecule has 9 heteroatoms. The van der Waals surface area contributed by atoms with Gasteiger partial charge in [-0.2, -0.15) is 0 Å². The van der Waals surface area contributed by atoms with Gasteiger partial charge < -0.3 is 14.8 Å². The van der Waals surface area contributed by atoms with Crippen molar-refractivity contribution in [3.63, 3.8) is 0 Å². The molecule has 1 aromatic heterocycles. The van der Waals surface area contributed by atoms with Crippen LogP contribution in [-0.2, 0) is 38.1 Å². The van der Waals surface area contributed by atoms with Gasteiger partial charge in [0, 0.05) is 25.8 Å². The van der Waals surface area contributed by atoms with Gasteiger partial charge in [-0.25, -0.2) is 13.4 Å². The van der Waals surface area contributed by atoms with Crippen molar-refractivity contribution in [2.75, 3.05) is 19.3 Å². The molecule has 0 aliphatic carbocycles. The lowest BCUT2D eigenvalue weighted by Crippen LogP contribution is -2.49. The molecule has 3 aromatic rings. The SMILES string of the molecule is CS(=O)(=O)Cc1nc2ccccc2n1CC(=O)N[C@@H](Cc1ccccc1)C(=O)N1CCCC1. The number of nitrogens with zero attached hydrogens (tertiary/aromatic N) is 3. The maximum Gasteiger partial charge on any atom is 0.245 e. The summed E-state index contributed by atoms with van der Waals surface area (Å²) >= 11 is 0. The summed E-state index contributed by atoms with van der Waals surface area (Å²) in [5, 5.41) is 2.91. The maximum absolute atomic E-state index is 13.2. The van der Waals surface area contributed by atoms with Gasteiger partial charge in [0.2, 0.25) is 11.8 Å². The molecule has 1 atom stereocenters. The first kappa shape index (κ1) is 23.0. The zero-order valence-corrected chi connectivity index (χ0v) is 19.4. The minimum absolute atomic E-state index is 0.0865. The van der Waals surface area contributed by atoms with Crippen LogP contribution in [0.5, 0.6) is 0 Å². The fourth-order valence-electron chi connectivity index (χ4n) is 4.24. The first-order valence-corrected chi connectivity index (χ1v) is 13.1. The highest BCUT2D eigenvalue weighted by atomic mass is 32.2. The number of carbonyl (C=O) groups is 2. The molecule has 1 saturated heterocycles. The molecule has 1 aliphatic rings. The Hall–Kier alpha value is -3.20. The number of carbonyl (C=O) groups excluding carboxylic acids is 2. The number of likely N-dealkylation sites (tertiary alicyclic amines) is 1. The quantitative estimate of drug-likeness (QED) is 0.544. The minimum atomic E-state index is -3.35. The minimum Gasteiger partial charge on any atom is -0.342 e. The number of aromatic nitrogens is 2. The third-order valence-corrected chi connectivity index (χ3v) is 6.54. The first-order valence-electron chi connectivity index (χ1n) is 11.0. The Kier molecular flexibility index (Phi) is 6.78. The molecule has 0 saturated carbocycles. The molecule has 0 spiro atoms. The number of hydrogen-bond donors (Lipinski definition) is 1. The Bertz CT molecular complexity index is 1250. The van der Waals surface area contributed by atoms with E-state index in [2.05, 4.69) is 10.3 Å². The second kappa shape index (κ2) is 9.74. The number of benzene rings is 2. The number of hydrogen-bond acceptors (Lipinski definition) is 5. The summed E-state index contributed by atoms with van der Waals surface area (Å²) < 4.78 is 25.5. The van der Waals surface area contributed by atoms with Crippen LogP contribution >= 0.6 is 0 Å². The Morgan fingerprint density at radius 1 is 1.03 bits per heavy atom. The van der Waals surface area contributed by atoms with Crippen molar-refractivity contribution in [3.8, 4) is 0 Å². The maximum atomic E-state index is 13.2. The number of sulfone groups is 1. The highest BCUT2D eigenvalue weighted by Crippen LogP contribution is 2.18. The molecule has 1 aliphatic heterocycles. The van der Waals surface area contributed by atoms with Crippen molar-refractivity contribution >= 4 is 32.7 Å². The van der Waals surface area contributed by atoms with Gasteiger partial charge in [-0.05, 0) is 30.5 Å². The molecule has 1 fully saturated rings. The van der Waals surface area contributed by atoms with Gasteiger partial charge in [-0.1, -0.05) is 42.5 Å². The van der Waals surface area contributed by atoms with Gasteiger partial charge in [0.05, 0.1) is 11.0 Å². The molecular weight excluding hydrogens is 440 g/mol. The van der Waals surface area contributed by atoms with Crippen LogP contribution in [0.1, 0.15) is 24.2 Å². The van der Waals surface area contributed by atoms with Gasteiger partial charge in [-0.3, -0.25) is 9.59 Å². The van der Waals surface area contributed by atoms with Crippen molar-refractivity contribution in [2.24, 2.45) is 0 Å². The second-order valence-electron chi connectivity index (χ2n) is 8.52. The van der Waals surface area contributed by atoms with Gasteiger partial charge in [-0.15, -0.1) is 0 Å². The molecule has 174 valence electrons. The number of imidazole rings is 1.